The second-order valence-electron chi connectivity index (χ2n) is 7.84. The summed E-state index contributed by atoms with van der Waals surface area (Å²) < 4.78 is 2.26. The van der Waals surface area contributed by atoms with E-state index in [1.54, 1.807) is 0 Å². The normalized spacial score (nSPS) is 11.9. The van der Waals surface area contributed by atoms with Crippen molar-refractivity contribution in [3.05, 3.63) is 53.0 Å². The zero-order chi connectivity index (χ0) is 20.8. The number of benzene rings is 1. The minimum absolute atomic E-state index is 0.386. The average molecular weight is 393 g/mol. The standard InChI is InChI=1S/C23H32N6/c1-4-5-6-20-26-21-22(19(12-7-16(2)3)27-28-23(21)25)29(20)15-18-10-8-17(9-11-18)13-14-24/h7-12,16H,4-6,13-15,24H2,1-3H3,(H2,25,28)/b12-7+. The third kappa shape index (κ3) is 5.01. The van der Waals surface area contributed by atoms with E-state index in [9.17, 15) is 0 Å². The molecule has 3 rings (SSSR count). The molecule has 0 bridgehead atoms. The summed E-state index contributed by atoms with van der Waals surface area (Å²) in [6.07, 6.45) is 8.16. The lowest BCUT2D eigenvalue weighted by molar-refractivity contribution is 0.689. The summed E-state index contributed by atoms with van der Waals surface area (Å²) in [5.41, 5.74) is 16.8. The van der Waals surface area contributed by atoms with Gasteiger partial charge in [-0.2, -0.15) is 0 Å². The molecule has 29 heavy (non-hydrogen) atoms. The maximum Gasteiger partial charge on any atom is 0.174 e. The van der Waals surface area contributed by atoms with Crippen LogP contribution in [0.25, 0.3) is 17.1 Å². The van der Waals surface area contributed by atoms with E-state index in [1.165, 1.54) is 11.1 Å². The number of hydrogen-bond donors (Lipinski definition) is 2. The minimum atomic E-state index is 0.386. The molecular formula is C23H32N6. The summed E-state index contributed by atoms with van der Waals surface area (Å²) in [5.74, 6) is 1.85. The third-order valence-corrected chi connectivity index (χ3v) is 4.99. The molecule has 2 aromatic heterocycles. The van der Waals surface area contributed by atoms with E-state index in [2.05, 4.69) is 65.9 Å². The molecule has 2 heterocycles. The maximum atomic E-state index is 6.15. The van der Waals surface area contributed by atoms with Gasteiger partial charge < -0.3 is 16.0 Å². The van der Waals surface area contributed by atoms with Crippen molar-refractivity contribution >= 4 is 22.9 Å². The van der Waals surface area contributed by atoms with Crippen LogP contribution in [0.4, 0.5) is 5.82 Å². The molecule has 0 unspecified atom stereocenters. The van der Waals surface area contributed by atoms with Gasteiger partial charge in [0.2, 0.25) is 0 Å². The predicted octanol–water partition coefficient (Wildman–Crippen LogP) is 3.97. The Morgan fingerprint density at radius 1 is 1.07 bits per heavy atom. The Kier molecular flexibility index (Phi) is 6.99. The number of nitrogens with zero attached hydrogens (tertiary/aromatic N) is 4. The summed E-state index contributed by atoms with van der Waals surface area (Å²) in [7, 11) is 0. The quantitative estimate of drug-likeness (QED) is 0.574. The lowest BCUT2D eigenvalue weighted by Gasteiger charge is -2.11. The molecule has 0 aliphatic carbocycles. The Morgan fingerprint density at radius 3 is 2.45 bits per heavy atom. The lowest BCUT2D eigenvalue weighted by Crippen LogP contribution is -2.08. The average Bonchev–Trinajstić information content (AvgIpc) is 3.07. The van der Waals surface area contributed by atoms with Gasteiger partial charge in [0.15, 0.2) is 5.82 Å². The number of aromatic nitrogens is 4. The number of imidazole rings is 1. The summed E-state index contributed by atoms with van der Waals surface area (Å²) in [5, 5.41) is 8.52. The highest BCUT2D eigenvalue weighted by Gasteiger charge is 2.17. The van der Waals surface area contributed by atoms with Crippen LogP contribution in [0.15, 0.2) is 30.3 Å². The van der Waals surface area contributed by atoms with Gasteiger partial charge in [-0.05, 0) is 42.5 Å². The van der Waals surface area contributed by atoms with Crippen molar-refractivity contribution in [2.45, 2.75) is 53.0 Å². The molecule has 6 nitrogen and oxygen atoms in total. The van der Waals surface area contributed by atoms with Crippen LogP contribution in [0.3, 0.4) is 0 Å². The van der Waals surface area contributed by atoms with Gasteiger partial charge in [-0.15, -0.1) is 10.2 Å². The fraction of sp³-hybridized carbons (Fsp3) is 0.435. The molecule has 0 aliphatic rings. The van der Waals surface area contributed by atoms with E-state index in [0.29, 0.717) is 18.3 Å². The van der Waals surface area contributed by atoms with Gasteiger partial charge in [0.1, 0.15) is 22.6 Å². The van der Waals surface area contributed by atoms with Gasteiger partial charge in [0.25, 0.3) is 0 Å². The number of nitrogen functional groups attached to an aromatic ring is 1. The molecule has 0 atom stereocenters. The molecule has 1 aromatic carbocycles. The molecule has 0 saturated carbocycles. The van der Waals surface area contributed by atoms with Crippen LogP contribution in [0, 0.1) is 5.92 Å². The number of aryl methyl sites for hydroxylation is 1. The minimum Gasteiger partial charge on any atom is -0.380 e. The van der Waals surface area contributed by atoms with Crippen LogP contribution < -0.4 is 11.5 Å². The number of unbranched alkanes of at least 4 members (excludes halogenated alkanes) is 1. The van der Waals surface area contributed by atoms with Crippen LogP contribution in [-0.4, -0.2) is 26.3 Å². The highest BCUT2D eigenvalue weighted by Crippen LogP contribution is 2.26. The number of nitrogens with two attached hydrogens (primary N) is 2. The third-order valence-electron chi connectivity index (χ3n) is 4.99. The molecule has 0 amide bonds. The van der Waals surface area contributed by atoms with E-state index in [4.69, 9.17) is 16.5 Å². The highest BCUT2D eigenvalue weighted by molar-refractivity contribution is 5.90. The molecule has 0 spiro atoms. The summed E-state index contributed by atoms with van der Waals surface area (Å²) >= 11 is 0. The molecule has 0 saturated heterocycles. The van der Waals surface area contributed by atoms with Gasteiger partial charge in [-0.25, -0.2) is 4.98 Å². The van der Waals surface area contributed by atoms with Crippen molar-refractivity contribution in [1.82, 2.24) is 19.7 Å². The number of hydrogen-bond acceptors (Lipinski definition) is 5. The molecule has 0 fully saturated rings. The van der Waals surface area contributed by atoms with Crippen molar-refractivity contribution in [1.29, 1.82) is 0 Å². The Hall–Kier alpha value is -2.73. The summed E-state index contributed by atoms with van der Waals surface area (Å²) in [4.78, 5) is 4.87. The van der Waals surface area contributed by atoms with E-state index in [0.717, 1.165) is 54.8 Å². The predicted molar refractivity (Wildman–Crippen MR) is 121 cm³/mol. The van der Waals surface area contributed by atoms with Crippen molar-refractivity contribution in [3.8, 4) is 0 Å². The zero-order valence-corrected chi connectivity index (χ0v) is 17.7. The van der Waals surface area contributed by atoms with Gasteiger partial charge in [0, 0.05) is 13.0 Å². The number of allylic oxidation sites excluding steroid dienone is 1. The Bertz CT molecular complexity index is 969. The molecule has 0 radical (unpaired) electrons. The maximum absolute atomic E-state index is 6.15. The van der Waals surface area contributed by atoms with Crippen LogP contribution in [-0.2, 0) is 19.4 Å². The molecular weight excluding hydrogens is 360 g/mol. The zero-order valence-electron chi connectivity index (χ0n) is 17.7. The van der Waals surface area contributed by atoms with Crippen LogP contribution in [0.2, 0.25) is 0 Å². The molecule has 0 aliphatic heterocycles. The van der Waals surface area contributed by atoms with E-state index < -0.39 is 0 Å². The Labute approximate surface area is 173 Å². The van der Waals surface area contributed by atoms with E-state index >= 15 is 0 Å². The van der Waals surface area contributed by atoms with Crippen molar-refractivity contribution in [3.63, 3.8) is 0 Å². The van der Waals surface area contributed by atoms with E-state index in [1.807, 2.05) is 6.08 Å². The Morgan fingerprint density at radius 2 is 1.79 bits per heavy atom. The summed E-state index contributed by atoms with van der Waals surface area (Å²) in [6.45, 7) is 7.87. The van der Waals surface area contributed by atoms with Gasteiger partial charge >= 0.3 is 0 Å². The fourth-order valence-corrected chi connectivity index (χ4v) is 3.39. The van der Waals surface area contributed by atoms with Gasteiger partial charge in [0.05, 0.1) is 0 Å². The van der Waals surface area contributed by atoms with Crippen molar-refractivity contribution in [2.24, 2.45) is 11.7 Å². The Balaban J connectivity index is 2.09. The number of anilines is 1. The molecule has 6 heteroatoms. The fourth-order valence-electron chi connectivity index (χ4n) is 3.39. The first kappa shape index (κ1) is 21.0. The number of fused-ring (bicyclic) bond motifs is 1. The monoisotopic (exact) mass is 392 g/mol. The SMILES string of the molecule is CCCCc1nc2c(N)nnc(/C=C/C(C)C)c2n1Cc1ccc(CCN)cc1. The second kappa shape index (κ2) is 9.65. The molecule has 4 N–H and O–H groups in total. The van der Waals surface area contributed by atoms with Crippen molar-refractivity contribution in [2.75, 3.05) is 12.3 Å². The topological polar surface area (TPSA) is 95.6 Å². The summed E-state index contributed by atoms with van der Waals surface area (Å²) in [6, 6.07) is 8.64. The van der Waals surface area contributed by atoms with Crippen LogP contribution >= 0.6 is 0 Å². The van der Waals surface area contributed by atoms with Gasteiger partial charge in [-0.1, -0.05) is 57.5 Å². The number of rotatable bonds is 9. The first-order valence-electron chi connectivity index (χ1n) is 10.5. The van der Waals surface area contributed by atoms with Crippen molar-refractivity contribution < 1.29 is 0 Å². The van der Waals surface area contributed by atoms with Gasteiger partial charge in [-0.3, -0.25) is 0 Å². The highest BCUT2D eigenvalue weighted by atomic mass is 15.2. The van der Waals surface area contributed by atoms with Crippen LogP contribution in [0.5, 0.6) is 0 Å². The lowest BCUT2D eigenvalue weighted by atomic mass is 10.1. The second-order valence-corrected chi connectivity index (χ2v) is 7.84. The molecule has 154 valence electrons. The first-order chi connectivity index (χ1) is 14.0. The first-order valence-corrected chi connectivity index (χ1v) is 10.5. The van der Waals surface area contributed by atoms with Crippen LogP contribution in [0.1, 0.15) is 56.3 Å². The molecule has 3 aromatic rings. The van der Waals surface area contributed by atoms with E-state index in [-0.39, 0.29) is 0 Å². The largest absolute Gasteiger partial charge is 0.380 e. The smallest absolute Gasteiger partial charge is 0.174 e.